The van der Waals surface area contributed by atoms with Gasteiger partial charge in [-0.1, -0.05) is 18.2 Å². The van der Waals surface area contributed by atoms with E-state index in [1.54, 1.807) is 19.2 Å². The van der Waals surface area contributed by atoms with Crippen molar-refractivity contribution in [3.8, 4) is 17.2 Å². The number of morpholine rings is 1. The first-order valence-electron chi connectivity index (χ1n) is 26.3. The van der Waals surface area contributed by atoms with E-state index in [4.69, 9.17) is 33.4 Å². The molecule has 2 N–H and O–H groups in total. The number of nitro benzene ring substituents is 1. The molecule has 19 nitrogen and oxygen atoms in total. The van der Waals surface area contributed by atoms with E-state index in [2.05, 4.69) is 73.9 Å². The van der Waals surface area contributed by atoms with E-state index in [1.165, 1.54) is 17.2 Å². The van der Waals surface area contributed by atoms with Crippen LogP contribution in [0.2, 0.25) is 0 Å². The van der Waals surface area contributed by atoms with Crippen LogP contribution in [0.1, 0.15) is 91.5 Å². The average Bonchev–Trinajstić information content (AvgIpc) is 3.43. The summed E-state index contributed by atoms with van der Waals surface area (Å²) in [6, 6.07) is 18.1. The normalized spacial score (nSPS) is 23.8. The standard InChI is InChI=1S/C54H68N8O11S/c1-35(2)73-48-7-5-4-6-41(48)46-31-60(47-34-71-32-43-42(47)30-55-52(51(43)68-3)59-20-24-70-25-21-59)18-19-61(46)39-28-54(29-39)14-16-58(17-15-54)38-10-8-37(9-11-38)53(63)57-74(66,67)40-26-45(62(64)65)50-49(27-40)72-33-44(56-50)36-12-22-69-23-13-36/h4-11,26-27,30,35-36,39,44,46-47,56H,12-25,28-29,31-34H2,1-3H3,(H,57,63)/t44-,46-,47+/m0/s1. The molecule has 3 aromatic carbocycles. The molecule has 396 valence electrons. The monoisotopic (exact) mass is 1040 g/mol. The number of methoxy groups -OCH3 is 1. The van der Waals surface area contributed by atoms with Gasteiger partial charge in [-0.3, -0.25) is 24.7 Å². The van der Waals surface area contributed by atoms with Gasteiger partial charge in [-0.15, -0.1) is 0 Å². The van der Waals surface area contributed by atoms with Gasteiger partial charge in [-0.2, -0.15) is 0 Å². The van der Waals surface area contributed by atoms with Gasteiger partial charge in [0.05, 0.1) is 67.6 Å². The Hall–Kier alpha value is -5.77. The lowest BCUT2D eigenvalue weighted by Gasteiger charge is -2.58. The van der Waals surface area contributed by atoms with E-state index >= 15 is 0 Å². The maximum Gasteiger partial charge on any atom is 0.297 e. The van der Waals surface area contributed by atoms with Crippen molar-refractivity contribution in [2.45, 2.75) is 94.1 Å². The van der Waals surface area contributed by atoms with Gasteiger partial charge >= 0.3 is 0 Å². The molecule has 7 aliphatic rings. The van der Waals surface area contributed by atoms with E-state index in [9.17, 15) is 23.3 Å². The smallest absolute Gasteiger partial charge is 0.297 e. The van der Waals surface area contributed by atoms with Gasteiger partial charge in [0, 0.05) is 106 Å². The molecule has 7 heterocycles. The van der Waals surface area contributed by atoms with Gasteiger partial charge in [0.25, 0.3) is 21.6 Å². The highest BCUT2D eigenvalue weighted by molar-refractivity contribution is 7.90. The number of para-hydroxylation sites is 1. The van der Waals surface area contributed by atoms with Crippen molar-refractivity contribution in [3.05, 3.63) is 99.2 Å². The second-order valence-corrected chi connectivity index (χ2v) is 22.9. The first kappa shape index (κ1) is 50.4. The maximum atomic E-state index is 13.6. The van der Waals surface area contributed by atoms with Gasteiger partial charge in [0.1, 0.15) is 12.4 Å². The Morgan fingerprint density at radius 2 is 1.64 bits per heavy atom. The Labute approximate surface area is 432 Å². The number of rotatable bonds is 13. The lowest BCUT2D eigenvalue weighted by atomic mass is 9.59. The van der Waals surface area contributed by atoms with Gasteiger partial charge in [0.2, 0.25) is 0 Å². The third-order valence-electron chi connectivity index (χ3n) is 16.6. The second kappa shape index (κ2) is 21.1. The van der Waals surface area contributed by atoms with E-state index in [0.29, 0.717) is 45.7 Å². The molecule has 1 saturated carbocycles. The summed E-state index contributed by atoms with van der Waals surface area (Å²) in [7, 11) is -2.77. The van der Waals surface area contributed by atoms with Gasteiger partial charge < -0.3 is 43.5 Å². The highest BCUT2D eigenvalue weighted by Gasteiger charge is 2.51. The number of benzene rings is 3. The molecule has 20 heteroatoms. The molecule has 6 aliphatic heterocycles. The first-order chi connectivity index (χ1) is 35.9. The average molecular weight is 1040 g/mol. The summed E-state index contributed by atoms with van der Waals surface area (Å²) < 4.78 is 65.2. The molecule has 1 spiro atoms. The molecule has 1 aliphatic carbocycles. The number of nitrogens with one attached hydrogen (secondary N) is 2. The number of sulfonamides is 1. The SMILES string of the molecule is COc1c(N2CCOCC2)ncc2c1COC[C@H]2N1CCN(C2CC3(CCN(c4ccc(C(=O)NS(=O)(=O)c5cc6c(c([N+](=O)[O-])c5)N[C@H](C5CCOCC5)CO6)cc4)CC3)C2)[C@H](c2ccccc2OC(C)C)C1. The third-order valence-corrected chi connectivity index (χ3v) is 17.9. The zero-order valence-corrected chi connectivity index (χ0v) is 43.4. The zero-order chi connectivity index (χ0) is 51.1. The van der Waals surface area contributed by atoms with E-state index < -0.39 is 31.4 Å². The molecule has 4 saturated heterocycles. The number of aromatic nitrogens is 1. The number of ether oxygens (including phenoxy) is 6. The fraction of sp³-hybridized carbons (Fsp3) is 0.556. The molecule has 4 aromatic rings. The minimum atomic E-state index is -4.50. The molecule has 5 fully saturated rings. The van der Waals surface area contributed by atoms with Crippen molar-refractivity contribution in [1.29, 1.82) is 0 Å². The number of carbonyl (C=O) groups is 1. The maximum absolute atomic E-state index is 13.6. The molecule has 11 rings (SSSR count). The Morgan fingerprint density at radius 1 is 0.892 bits per heavy atom. The van der Waals surface area contributed by atoms with Crippen molar-refractivity contribution >= 4 is 38.8 Å². The Morgan fingerprint density at radius 3 is 2.36 bits per heavy atom. The van der Waals surface area contributed by atoms with Crippen LogP contribution in [0.3, 0.4) is 0 Å². The van der Waals surface area contributed by atoms with E-state index in [1.807, 2.05) is 12.1 Å². The lowest BCUT2D eigenvalue weighted by Crippen LogP contribution is -2.60. The van der Waals surface area contributed by atoms with Crippen LogP contribution >= 0.6 is 0 Å². The van der Waals surface area contributed by atoms with Crippen LogP contribution in [-0.4, -0.2) is 145 Å². The van der Waals surface area contributed by atoms with Crippen molar-refractivity contribution < 1.29 is 46.6 Å². The first-order valence-corrected chi connectivity index (χ1v) is 27.8. The molecular weight excluding hydrogens is 969 g/mol. The van der Waals surface area contributed by atoms with Crippen LogP contribution in [0.4, 0.5) is 22.9 Å². The number of piperidine rings is 1. The summed E-state index contributed by atoms with van der Waals surface area (Å²) in [5.41, 5.74) is 4.51. The molecule has 74 heavy (non-hydrogen) atoms. The Bertz CT molecular complexity index is 2810. The summed E-state index contributed by atoms with van der Waals surface area (Å²) in [5.74, 6) is 2.00. The van der Waals surface area contributed by atoms with Gasteiger partial charge in [-0.25, -0.2) is 18.1 Å². The third kappa shape index (κ3) is 10.1. The van der Waals surface area contributed by atoms with Crippen molar-refractivity contribution in [1.82, 2.24) is 19.5 Å². The number of hydrogen-bond acceptors (Lipinski definition) is 17. The molecule has 0 bridgehead atoms. The fourth-order valence-electron chi connectivity index (χ4n) is 12.6. The number of hydrogen-bond donors (Lipinski definition) is 2. The number of pyridine rings is 1. The Kier molecular flexibility index (Phi) is 14.4. The number of carbonyl (C=O) groups excluding carboxylic acids is 1. The molecule has 0 radical (unpaired) electrons. The number of fused-ring (bicyclic) bond motifs is 2. The number of nitro groups is 1. The predicted molar refractivity (Wildman–Crippen MR) is 277 cm³/mol. The van der Waals surface area contributed by atoms with Crippen LogP contribution in [0.15, 0.2) is 71.8 Å². The Balaban J connectivity index is 0.732. The van der Waals surface area contributed by atoms with Crippen molar-refractivity contribution in [2.24, 2.45) is 11.3 Å². The summed E-state index contributed by atoms with van der Waals surface area (Å²) in [6.07, 6.45) is 7.99. The summed E-state index contributed by atoms with van der Waals surface area (Å²) in [4.78, 5) is 39.5. The summed E-state index contributed by atoms with van der Waals surface area (Å²) in [5, 5.41) is 15.4. The van der Waals surface area contributed by atoms with Crippen LogP contribution < -0.4 is 34.0 Å². The minimum absolute atomic E-state index is 0.0331. The topological polar surface area (TPSA) is 200 Å². The van der Waals surface area contributed by atoms with Gasteiger partial charge in [-0.05, 0) is 99.6 Å². The highest BCUT2D eigenvalue weighted by atomic mass is 32.2. The fourth-order valence-corrected chi connectivity index (χ4v) is 13.6. The zero-order valence-electron chi connectivity index (χ0n) is 42.5. The lowest BCUT2D eigenvalue weighted by molar-refractivity contribution is -0.384. The predicted octanol–water partition coefficient (Wildman–Crippen LogP) is 6.72. The molecule has 3 atom stereocenters. The molecule has 0 unspecified atom stereocenters. The molecule has 1 aromatic heterocycles. The number of piperazine rings is 1. The highest BCUT2D eigenvalue weighted by Crippen LogP contribution is 2.54. The van der Waals surface area contributed by atoms with Gasteiger partial charge in [0.15, 0.2) is 23.0 Å². The van der Waals surface area contributed by atoms with Crippen LogP contribution in [-0.2, 0) is 30.8 Å². The largest absolute Gasteiger partial charge is 0.492 e. The van der Waals surface area contributed by atoms with Crippen molar-refractivity contribution in [3.63, 3.8) is 0 Å². The van der Waals surface area contributed by atoms with E-state index in [-0.39, 0.29) is 59.2 Å². The summed E-state index contributed by atoms with van der Waals surface area (Å²) >= 11 is 0. The van der Waals surface area contributed by atoms with E-state index in [0.717, 1.165) is 119 Å². The molecular formula is C54H68N8O11S. The number of anilines is 3. The second-order valence-electron chi connectivity index (χ2n) is 21.2. The van der Waals surface area contributed by atoms with Crippen molar-refractivity contribution in [2.75, 3.05) is 108 Å². The number of nitrogens with zero attached hydrogens (tertiary/aromatic N) is 6. The quantitative estimate of drug-likeness (QED) is 0.106. The summed E-state index contributed by atoms with van der Waals surface area (Å²) in [6.45, 7) is 13.9. The molecule has 1 amide bonds. The van der Waals surface area contributed by atoms with Crippen LogP contribution in [0.5, 0.6) is 17.2 Å². The van der Waals surface area contributed by atoms with Crippen LogP contribution in [0, 0.1) is 21.4 Å². The minimum Gasteiger partial charge on any atom is -0.492 e. The number of amides is 1. The van der Waals surface area contributed by atoms with Crippen LogP contribution in [0.25, 0.3) is 0 Å².